The number of hydrogen-bond donors (Lipinski definition) is 1. The van der Waals surface area contributed by atoms with Crippen molar-refractivity contribution in [1.29, 1.82) is 5.26 Å². The number of nitrogens with zero attached hydrogens (tertiary/aromatic N) is 1. The highest BCUT2D eigenvalue weighted by Crippen LogP contribution is 2.39. The number of aryl methyl sites for hydroxylation is 1. The predicted octanol–water partition coefficient (Wildman–Crippen LogP) is 2.75. The van der Waals surface area contributed by atoms with Gasteiger partial charge >= 0.3 is 5.97 Å². The van der Waals surface area contributed by atoms with Gasteiger partial charge in [-0.1, -0.05) is 0 Å². The van der Waals surface area contributed by atoms with Crippen LogP contribution in [0.4, 0.5) is 0 Å². The molecule has 8 heteroatoms. The molecule has 146 valence electrons. The molecule has 0 atom stereocenters. The van der Waals surface area contributed by atoms with Crippen LogP contribution >= 0.6 is 0 Å². The largest absolute Gasteiger partial charge is 0.493 e. The van der Waals surface area contributed by atoms with E-state index in [1.54, 1.807) is 19.1 Å². The molecular weight excluding hydrogens is 364 g/mol. The lowest BCUT2D eigenvalue weighted by Gasteiger charge is -2.13. The van der Waals surface area contributed by atoms with Crippen molar-refractivity contribution >= 4 is 18.0 Å². The molecule has 1 aromatic heterocycles. The van der Waals surface area contributed by atoms with Crippen LogP contribution in [-0.4, -0.2) is 26.1 Å². The normalized spacial score (nSPS) is 10.8. The molecule has 1 heterocycles. The summed E-state index contributed by atoms with van der Waals surface area (Å²) in [6.07, 6.45) is 1.38. The number of carbonyl (C=O) groups is 2. The van der Waals surface area contributed by atoms with Crippen LogP contribution in [0.25, 0.3) is 6.08 Å². The zero-order valence-corrected chi connectivity index (χ0v) is 16.0. The summed E-state index contributed by atoms with van der Waals surface area (Å²) in [4.78, 5) is 23.6. The van der Waals surface area contributed by atoms with Gasteiger partial charge in [0.1, 0.15) is 23.2 Å². The van der Waals surface area contributed by atoms with Crippen LogP contribution in [0.3, 0.4) is 0 Å². The fraction of sp³-hybridized carbons (Fsp3) is 0.250. The first-order chi connectivity index (χ1) is 13.4. The quantitative estimate of drug-likeness (QED) is 0.338. The Morgan fingerprint density at radius 3 is 2.32 bits per heavy atom. The maximum atomic E-state index is 12.3. The van der Waals surface area contributed by atoms with Gasteiger partial charge in [0, 0.05) is 6.92 Å². The summed E-state index contributed by atoms with van der Waals surface area (Å²) in [5.41, 5.74) is 0.345. The monoisotopic (exact) mass is 384 g/mol. The van der Waals surface area contributed by atoms with E-state index in [1.165, 1.54) is 39.4 Å². The zero-order chi connectivity index (χ0) is 20.7. The van der Waals surface area contributed by atoms with Crippen molar-refractivity contribution in [2.24, 2.45) is 0 Å². The molecule has 0 saturated carbocycles. The molecule has 0 saturated heterocycles. The molecule has 1 N–H and O–H groups in total. The first kappa shape index (κ1) is 20.6. The second-order valence-electron chi connectivity index (χ2n) is 5.71. The second kappa shape index (κ2) is 9.28. The van der Waals surface area contributed by atoms with Gasteiger partial charge in [0.25, 0.3) is 5.91 Å². The van der Waals surface area contributed by atoms with Crippen molar-refractivity contribution in [2.45, 2.75) is 20.4 Å². The molecule has 0 aliphatic rings. The lowest BCUT2D eigenvalue weighted by Crippen LogP contribution is -2.23. The van der Waals surface area contributed by atoms with Gasteiger partial charge < -0.3 is 23.9 Å². The Bertz CT molecular complexity index is 927. The van der Waals surface area contributed by atoms with Crippen LogP contribution in [0, 0.1) is 18.3 Å². The maximum absolute atomic E-state index is 12.3. The number of esters is 1. The molecule has 1 aromatic carbocycles. The summed E-state index contributed by atoms with van der Waals surface area (Å²) in [5.74, 6) is 0.785. The van der Waals surface area contributed by atoms with Crippen molar-refractivity contribution in [3.05, 3.63) is 46.9 Å². The minimum atomic E-state index is -0.557. The second-order valence-corrected chi connectivity index (χ2v) is 5.71. The zero-order valence-electron chi connectivity index (χ0n) is 16.0. The average Bonchev–Trinajstić information content (AvgIpc) is 3.09. The number of nitrogens with one attached hydrogen (secondary N) is 1. The van der Waals surface area contributed by atoms with E-state index in [0.717, 1.165) is 5.76 Å². The highest BCUT2D eigenvalue weighted by atomic mass is 16.6. The van der Waals surface area contributed by atoms with E-state index in [-0.39, 0.29) is 29.4 Å². The molecule has 2 rings (SSSR count). The third kappa shape index (κ3) is 5.14. The molecule has 0 fully saturated rings. The van der Waals surface area contributed by atoms with Crippen LogP contribution in [0.5, 0.6) is 17.2 Å². The van der Waals surface area contributed by atoms with Gasteiger partial charge in [-0.05, 0) is 42.8 Å². The number of benzene rings is 1. The smallest absolute Gasteiger partial charge is 0.308 e. The van der Waals surface area contributed by atoms with Gasteiger partial charge in [-0.25, -0.2) is 0 Å². The number of furan rings is 1. The standard InChI is InChI=1S/C20H20N2O6/c1-12-5-6-16(27-12)11-22-20(24)15(10-21)7-14-8-17(25-3)19(28-13(2)23)18(9-14)26-4/h5-9H,11H2,1-4H3,(H,22,24). The van der Waals surface area contributed by atoms with Gasteiger partial charge in [-0.15, -0.1) is 0 Å². The van der Waals surface area contributed by atoms with Crippen LogP contribution in [0.2, 0.25) is 0 Å². The molecule has 0 radical (unpaired) electrons. The SMILES string of the molecule is COc1cc(C=C(C#N)C(=O)NCc2ccc(C)o2)cc(OC)c1OC(C)=O. The van der Waals surface area contributed by atoms with Crippen molar-refractivity contribution in [3.8, 4) is 23.3 Å². The Labute approximate surface area is 162 Å². The van der Waals surface area contributed by atoms with E-state index in [1.807, 2.05) is 6.07 Å². The number of methoxy groups -OCH3 is 2. The number of rotatable bonds is 7. The molecule has 28 heavy (non-hydrogen) atoms. The van der Waals surface area contributed by atoms with Gasteiger partial charge in [0.05, 0.1) is 20.8 Å². The third-order valence-corrected chi connectivity index (χ3v) is 3.62. The Balaban J connectivity index is 2.28. The van der Waals surface area contributed by atoms with Gasteiger partial charge in [0.15, 0.2) is 11.5 Å². The fourth-order valence-corrected chi connectivity index (χ4v) is 2.39. The number of nitriles is 1. The molecule has 0 bridgehead atoms. The molecule has 0 aliphatic heterocycles. The van der Waals surface area contributed by atoms with Gasteiger partial charge in [0.2, 0.25) is 5.75 Å². The first-order valence-electron chi connectivity index (χ1n) is 8.27. The van der Waals surface area contributed by atoms with Crippen molar-refractivity contribution in [3.63, 3.8) is 0 Å². The van der Waals surface area contributed by atoms with Crippen molar-refractivity contribution < 1.29 is 28.2 Å². The Morgan fingerprint density at radius 2 is 1.86 bits per heavy atom. The molecule has 8 nitrogen and oxygen atoms in total. The van der Waals surface area contributed by atoms with E-state index in [9.17, 15) is 14.9 Å². The third-order valence-electron chi connectivity index (χ3n) is 3.62. The topological polar surface area (TPSA) is 111 Å². The van der Waals surface area contributed by atoms with Crippen molar-refractivity contribution in [2.75, 3.05) is 14.2 Å². The van der Waals surface area contributed by atoms with E-state index >= 15 is 0 Å². The van der Waals surface area contributed by atoms with E-state index in [0.29, 0.717) is 11.3 Å². The minimum Gasteiger partial charge on any atom is -0.493 e. The van der Waals surface area contributed by atoms with Crippen LogP contribution in [0.15, 0.2) is 34.3 Å². The summed E-state index contributed by atoms with van der Waals surface area (Å²) < 4.78 is 21.0. The fourth-order valence-electron chi connectivity index (χ4n) is 2.39. The number of carbonyl (C=O) groups excluding carboxylic acids is 2. The van der Waals surface area contributed by atoms with Crippen LogP contribution in [0.1, 0.15) is 24.0 Å². The molecule has 0 unspecified atom stereocenters. The summed E-state index contributed by atoms with van der Waals surface area (Å²) >= 11 is 0. The molecule has 1 amide bonds. The maximum Gasteiger partial charge on any atom is 0.308 e. The number of hydrogen-bond acceptors (Lipinski definition) is 7. The molecule has 0 spiro atoms. The highest BCUT2D eigenvalue weighted by molar-refractivity contribution is 6.01. The predicted molar refractivity (Wildman–Crippen MR) is 99.7 cm³/mol. The van der Waals surface area contributed by atoms with Gasteiger partial charge in [-0.3, -0.25) is 9.59 Å². The van der Waals surface area contributed by atoms with Gasteiger partial charge in [-0.2, -0.15) is 5.26 Å². The summed E-state index contributed by atoms with van der Waals surface area (Å²) in [7, 11) is 2.80. The van der Waals surface area contributed by atoms with Crippen LogP contribution in [-0.2, 0) is 16.1 Å². The number of amides is 1. The van der Waals surface area contributed by atoms with E-state index < -0.39 is 11.9 Å². The Morgan fingerprint density at radius 1 is 1.21 bits per heavy atom. The average molecular weight is 384 g/mol. The Kier molecular flexibility index (Phi) is 6.82. The molecule has 0 aliphatic carbocycles. The summed E-state index contributed by atoms with van der Waals surface area (Å²) in [6.45, 7) is 3.21. The molecular formula is C20H20N2O6. The van der Waals surface area contributed by atoms with Crippen molar-refractivity contribution in [1.82, 2.24) is 5.32 Å². The number of ether oxygens (including phenoxy) is 3. The Hall–Kier alpha value is -3.73. The summed E-state index contributed by atoms with van der Waals surface area (Å²) in [5, 5.41) is 12.0. The minimum absolute atomic E-state index is 0.116. The molecule has 2 aromatic rings. The first-order valence-corrected chi connectivity index (χ1v) is 8.27. The summed E-state index contributed by atoms with van der Waals surface area (Å²) in [6, 6.07) is 8.45. The lowest BCUT2D eigenvalue weighted by atomic mass is 10.1. The van der Waals surface area contributed by atoms with E-state index in [4.69, 9.17) is 18.6 Å². The highest BCUT2D eigenvalue weighted by Gasteiger charge is 2.17. The van der Waals surface area contributed by atoms with Crippen LogP contribution < -0.4 is 19.5 Å². The van der Waals surface area contributed by atoms with E-state index in [2.05, 4.69) is 5.32 Å². The lowest BCUT2D eigenvalue weighted by molar-refractivity contribution is -0.132.